The van der Waals surface area contributed by atoms with Gasteiger partial charge in [-0.25, -0.2) is 9.50 Å². The maximum Gasteiger partial charge on any atom is 0.163 e. The number of nitrogens with zero attached hydrogens (tertiary/aromatic N) is 3. The van der Waals surface area contributed by atoms with E-state index in [-0.39, 0.29) is 5.41 Å². The van der Waals surface area contributed by atoms with Crippen LogP contribution in [0.4, 0.5) is 0 Å². The maximum absolute atomic E-state index is 5.77. The van der Waals surface area contributed by atoms with Gasteiger partial charge in [-0.1, -0.05) is 15.9 Å². The van der Waals surface area contributed by atoms with Gasteiger partial charge in [-0.15, -0.1) is 0 Å². The normalized spacial score (nSPS) is 18.6. The molecule has 2 aromatic rings. The average molecular weight is 283 g/mol. The molecule has 1 aliphatic rings. The number of hydrogen-bond acceptors (Lipinski definition) is 4. The molecule has 16 heavy (non-hydrogen) atoms. The fourth-order valence-electron chi connectivity index (χ4n) is 1.77. The van der Waals surface area contributed by atoms with Crippen LogP contribution in [0, 0.1) is 0 Å². The van der Waals surface area contributed by atoms with Crippen LogP contribution < -0.4 is 5.73 Å². The van der Waals surface area contributed by atoms with Crippen LogP contribution in [-0.4, -0.2) is 34.4 Å². The minimum atomic E-state index is -0.182. The van der Waals surface area contributed by atoms with Crippen molar-refractivity contribution in [2.75, 3.05) is 19.8 Å². The largest absolute Gasteiger partial charge is 0.379 e. The third kappa shape index (κ3) is 1.37. The molecule has 3 heterocycles. The zero-order chi connectivity index (χ0) is 11.2. The summed E-state index contributed by atoms with van der Waals surface area (Å²) in [7, 11) is 0. The van der Waals surface area contributed by atoms with Gasteiger partial charge in [0, 0.05) is 17.2 Å². The van der Waals surface area contributed by atoms with Crippen LogP contribution in [0.25, 0.3) is 5.65 Å². The zero-order valence-electron chi connectivity index (χ0n) is 8.56. The minimum Gasteiger partial charge on any atom is -0.379 e. The van der Waals surface area contributed by atoms with Crippen molar-refractivity contribution in [2.24, 2.45) is 5.73 Å². The molecule has 1 aliphatic heterocycles. The van der Waals surface area contributed by atoms with Gasteiger partial charge < -0.3 is 10.5 Å². The van der Waals surface area contributed by atoms with Crippen molar-refractivity contribution in [3.63, 3.8) is 0 Å². The monoisotopic (exact) mass is 282 g/mol. The number of halogens is 1. The molecule has 2 aromatic heterocycles. The molecule has 6 heteroatoms. The Morgan fingerprint density at radius 3 is 3.00 bits per heavy atom. The second-order valence-electron chi connectivity index (χ2n) is 4.06. The van der Waals surface area contributed by atoms with E-state index in [9.17, 15) is 0 Å². The fourth-order valence-corrected chi connectivity index (χ4v) is 2.09. The first-order valence-corrected chi connectivity index (χ1v) is 5.83. The third-order valence-corrected chi connectivity index (χ3v) is 3.41. The molecule has 0 saturated carbocycles. The summed E-state index contributed by atoms with van der Waals surface area (Å²) >= 11 is 3.41. The summed E-state index contributed by atoms with van der Waals surface area (Å²) in [6, 6.07) is 3.86. The number of ether oxygens (including phenoxy) is 1. The van der Waals surface area contributed by atoms with Crippen LogP contribution in [-0.2, 0) is 10.2 Å². The lowest BCUT2D eigenvalue weighted by Gasteiger charge is -2.37. The highest BCUT2D eigenvalue weighted by Crippen LogP contribution is 2.29. The Kier molecular flexibility index (Phi) is 2.24. The smallest absolute Gasteiger partial charge is 0.163 e. The molecule has 84 valence electrons. The molecular weight excluding hydrogens is 272 g/mol. The molecule has 0 aromatic carbocycles. The van der Waals surface area contributed by atoms with E-state index in [1.165, 1.54) is 0 Å². The lowest BCUT2D eigenvalue weighted by molar-refractivity contribution is -0.0592. The molecule has 1 fully saturated rings. The molecular formula is C10H11BrN4O. The van der Waals surface area contributed by atoms with E-state index in [1.54, 1.807) is 4.52 Å². The first-order chi connectivity index (χ1) is 7.73. The fraction of sp³-hybridized carbons (Fsp3) is 0.400. The molecule has 0 atom stereocenters. The van der Waals surface area contributed by atoms with E-state index >= 15 is 0 Å². The molecule has 0 radical (unpaired) electrons. The Labute approximate surface area is 101 Å². The van der Waals surface area contributed by atoms with Crippen LogP contribution in [0.3, 0.4) is 0 Å². The van der Waals surface area contributed by atoms with Crippen LogP contribution in [0.2, 0.25) is 0 Å². The Hall–Kier alpha value is -0.980. The zero-order valence-corrected chi connectivity index (χ0v) is 10.1. The predicted molar refractivity (Wildman–Crippen MR) is 62.2 cm³/mol. The molecule has 0 amide bonds. The number of rotatable bonds is 2. The SMILES string of the molecule is NCC1(c2nc3cc(Br)ccn3n2)COC1. The number of nitrogens with two attached hydrogens (primary N) is 1. The van der Waals surface area contributed by atoms with Crippen LogP contribution in [0.5, 0.6) is 0 Å². The number of hydrogen-bond donors (Lipinski definition) is 1. The second kappa shape index (κ2) is 3.51. The van der Waals surface area contributed by atoms with Crippen molar-refractivity contribution < 1.29 is 4.74 Å². The lowest BCUT2D eigenvalue weighted by Crippen LogP contribution is -2.53. The highest BCUT2D eigenvalue weighted by molar-refractivity contribution is 9.10. The first kappa shape index (κ1) is 10.2. The summed E-state index contributed by atoms with van der Waals surface area (Å²) in [5.41, 5.74) is 6.42. The molecule has 0 aliphatic carbocycles. The van der Waals surface area contributed by atoms with Crippen LogP contribution in [0.15, 0.2) is 22.8 Å². The summed E-state index contributed by atoms with van der Waals surface area (Å²) < 4.78 is 7.98. The van der Waals surface area contributed by atoms with E-state index in [2.05, 4.69) is 26.0 Å². The Morgan fingerprint density at radius 2 is 2.38 bits per heavy atom. The minimum absolute atomic E-state index is 0.182. The summed E-state index contributed by atoms with van der Waals surface area (Å²) in [5, 5.41) is 4.44. The van der Waals surface area contributed by atoms with Crippen molar-refractivity contribution in [3.05, 3.63) is 28.6 Å². The van der Waals surface area contributed by atoms with Crippen molar-refractivity contribution in [1.29, 1.82) is 0 Å². The van der Waals surface area contributed by atoms with Crippen molar-refractivity contribution in [1.82, 2.24) is 14.6 Å². The van der Waals surface area contributed by atoms with Crippen molar-refractivity contribution >= 4 is 21.6 Å². The van der Waals surface area contributed by atoms with Gasteiger partial charge in [-0.3, -0.25) is 0 Å². The van der Waals surface area contributed by atoms with Gasteiger partial charge in [0.05, 0.1) is 18.6 Å². The summed E-state index contributed by atoms with van der Waals surface area (Å²) in [5.74, 6) is 0.777. The van der Waals surface area contributed by atoms with Crippen molar-refractivity contribution in [3.8, 4) is 0 Å². The van der Waals surface area contributed by atoms with Crippen molar-refractivity contribution in [2.45, 2.75) is 5.41 Å². The van der Waals surface area contributed by atoms with E-state index < -0.39 is 0 Å². The molecule has 0 spiro atoms. The predicted octanol–water partition coefficient (Wildman–Crippen LogP) is 0.718. The highest BCUT2D eigenvalue weighted by Gasteiger charge is 2.42. The molecule has 3 rings (SSSR count). The average Bonchev–Trinajstić information content (AvgIpc) is 2.60. The van der Waals surface area contributed by atoms with E-state index in [1.807, 2.05) is 18.3 Å². The molecule has 2 N–H and O–H groups in total. The Balaban J connectivity index is 2.11. The number of fused-ring (bicyclic) bond motifs is 1. The van der Waals surface area contributed by atoms with Gasteiger partial charge in [-0.2, -0.15) is 5.10 Å². The maximum atomic E-state index is 5.77. The van der Waals surface area contributed by atoms with E-state index in [0.29, 0.717) is 19.8 Å². The second-order valence-corrected chi connectivity index (χ2v) is 4.98. The quantitative estimate of drug-likeness (QED) is 0.882. The third-order valence-electron chi connectivity index (χ3n) is 2.92. The van der Waals surface area contributed by atoms with Gasteiger partial charge in [0.2, 0.25) is 0 Å². The van der Waals surface area contributed by atoms with Crippen LogP contribution in [0.1, 0.15) is 5.82 Å². The van der Waals surface area contributed by atoms with E-state index in [0.717, 1.165) is 15.9 Å². The van der Waals surface area contributed by atoms with Gasteiger partial charge in [-0.05, 0) is 12.1 Å². The molecule has 5 nitrogen and oxygen atoms in total. The highest BCUT2D eigenvalue weighted by atomic mass is 79.9. The summed E-state index contributed by atoms with van der Waals surface area (Å²) in [6.45, 7) is 1.74. The number of pyridine rings is 1. The molecule has 0 unspecified atom stereocenters. The van der Waals surface area contributed by atoms with Gasteiger partial charge in [0.15, 0.2) is 11.5 Å². The van der Waals surface area contributed by atoms with Crippen LogP contribution >= 0.6 is 15.9 Å². The first-order valence-electron chi connectivity index (χ1n) is 5.04. The van der Waals surface area contributed by atoms with E-state index in [4.69, 9.17) is 10.5 Å². The van der Waals surface area contributed by atoms with Gasteiger partial charge in [0.1, 0.15) is 0 Å². The number of aromatic nitrogens is 3. The summed E-state index contributed by atoms with van der Waals surface area (Å²) in [6.07, 6.45) is 1.87. The summed E-state index contributed by atoms with van der Waals surface area (Å²) in [4.78, 5) is 4.50. The Bertz CT molecular complexity index is 529. The van der Waals surface area contributed by atoms with Gasteiger partial charge >= 0.3 is 0 Å². The topological polar surface area (TPSA) is 65.4 Å². The van der Waals surface area contributed by atoms with Gasteiger partial charge in [0.25, 0.3) is 0 Å². The molecule has 1 saturated heterocycles. The molecule has 0 bridgehead atoms. The lowest BCUT2D eigenvalue weighted by atomic mass is 9.85. The standard InChI is InChI=1S/C10H11BrN4O/c11-7-1-2-15-8(3-7)13-9(14-15)10(4-12)5-16-6-10/h1-3H,4-6,12H2. The Morgan fingerprint density at radius 1 is 1.56 bits per heavy atom.